The Morgan fingerprint density at radius 2 is 2.08 bits per heavy atom. The molecule has 1 atom stereocenters. The van der Waals surface area contributed by atoms with E-state index in [2.05, 4.69) is 21.4 Å². The van der Waals surface area contributed by atoms with Crippen molar-refractivity contribution in [1.29, 1.82) is 0 Å². The SMILES string of the molecule is COc1ccccc1[C@@H](CNC(=O)Cn1cccn1)N1CCCC1. The van der Waals surface area contributed by atoms with Crippen molar-refractivity contribution in [1.82, 2.24) is 20.0 Å². The number of rotatable bonds is 7. The lowest BCUT2D eigenvalue weighted by molar-refractivity contribution is -0.122. The molecule has 1 aliphatic rings. The summed E-state index contributed by atoms with van der Waals surface area (Å²) in [6, 6.07) is 10.00. The molecule has 128 valence electrons. The smallest absolute Gasteiger partial charge is 0.241 e. The van der Waals surface area contributed by atoms with Gasteiger partial charge >= 0.3 is 0 Å². The van der Waals surface area contributed by atoms with Crippen LogP contribution in [-0.2, 0) is 11.3 Å². The van der Waals surface area contributed by atoms with E-state index in [0.717, 1.165) is 24.4 Å². The molecular formula is C18H24N4O2. The summed E-state index contributed by atoms with van der Waals surface area (Å²) in [5.74, 6) is 0.841. The Kier molecular flexibility index (Phi) is 5.48. The third-order valence-electron chi connectivity index (χ3n) is 4.44. The Bertz CT molecular complexity index is 651. The van der Waals surface area contributed by atoms with Crippen molar-refractivity contribution in [2.24, 2.45) is 0 Å². The van der Waals surface area contributed by atoms with E-state index in [1.165, 1.54) is 12.8 Å². The molecule has 6 nitrogen and oxygen atoms in total. The number of aromatic nitrogens is 2. The highest BCUT2D eigenvalue weighted by molar-refractivity contribution is 5.75. The second kappa shape index (κ2) is 7.97. The van der Waals surface area contributed by atoms with E-state index in [1.54, 1.807) is 24.2 Å². The number of amides is 1. The van der Waals surface area contributed by atoms with Crippen LogP contribution in [0.2, 0.25) is 0 Å². The number of methoxy groups -OCH3 is 1. The molecule has 0 saturated carbocycles. The molecule has 6 heteroatoms. The molecule has 1 N–H and O–H groups in total. The van der Waals surface area contributed by atoms with E-state index in [1.807, 2.05) is 24.3 Å². The number of benzene rings is 1. The number of carbonyl (C=O) groups is 1. The summed E-state index contributed by atoms with van der Waals surface area (Å²) in [6.07, 6.45) is 5.87. The molecule has 0 radical (unpaired) electrons. The highest BCUT2D eigenvalue weighted by atomic mass is 16.5. The standard InChI is InChI=1S/C18H24N4O2/c1-24-17-8-3-2-7-15(17)16(21-10-4-5-11-21)13-19-18(23)14-22-12-6-9-20-22/h2-3,6-9,12,16H,4-5,10-11,13-14H2,1H3,(H,19,23)/t16-/m1/s1. The quantitative estimate of drug-likeness (QED) is 0.843. The number of carbonyl (C=O) groups excluding carboxylic acids is 1. The molecule has 1 amide bonds. The minimum absolute atomic E-state index is 0.0298. The Hall–Kier alpha value is -2.34. The third-order valence-corrected chi connectivity index (χ3v) is 4.44. The predicted molar refractivity (Wildman–Crippen MR) is 91.8 cm³/mol. The molecule has 1 aromatic heterocycles. The van der Waals surface area contributed by atoms with E-state index in [4.69, 9.17) is 4.74 Å². The van der Waals surface area contributed by atoms with Crippen molar-refractivity contribution in [2.45, 2.75) is 25.4 Å². The van der Waals surface area contributed by atoms with Crippen LogP contribution < -0.4 is 10.1 Å². The summed E-state index contributed by atoms with van der Waals surface area (Å²) in [5.41, 5.74) is 1.13. The molecular weight excluding hydrogens is 304 g/mol. The van der Waals surface area contributed by atoms with Gasteiger partial charge in [-0.15, -0.1) is 0 Å². The fraction of sp³-hybridized carbons (Fsp3) is 0.444. The van der Waals surface area contributed by atoms with Crippen LogP contribution in [-0.4, -0.2) is 47.3 Å². The Morgan fingerprint density at radius 3 is 2.79 bits per heavy atom. The highest BCUT2D eigenvalue weighted by Gasteiger charge is 2.26. The fourth-order valence-electron chi connectivity index (χ4n) is 3.24. The van der Waals surface area contributed by atoms with E-state index >= 15 is 0 Å². The summed E-state index contributed by atoms with van der Waals surface area (Å²) in [6.45, 7) is 2.92. The van der Waals surface area contributed by atoms with Crippen LogP contribution in [0.5, 0.6) is 5.75 Å². The number of hydrogen-bond donors (Lipinski definition) is 1. The van der Waals surface area contributed by atoms with Crippen LogP contribution in [0.3, 0.4) is 0 Å². The van der Waals surface area contributed by atoms with Gasteiger partial charge in [0.05, 0.1) is 13.2 Å². The van der Waals surface area contributed by atoms with Gasteiger partial charge in [-0.2, -0.15) is 5.10 Å². The van der Waals surface area contributed by atoms with Gasteiger partial charge in [0, 0.05) is 24.5 Å². The molecule has 0 unspecified atom stereocenters. The van der Waals surface area contributed by atoms with Crippen molar-refractivity contribution in [2.75, 3.05) is 26.7 Å². The van der Waals surface area contributed by atoms with E-state index < -0.39 is 0 Å². The Balaban J connectivity index is 1.69. The predicted octanol–water partition coefficient (Wildman–Crippen LogP) is 1.85. The van der Waals surface area contributed by atoms with Gasteiger partial charge < -0.3 is 10.1 Å². The maximum absolute atomic E-state index is 12.2. The van der Waals surface area contributed by atoms with Crippen molar-refractivity contribution < 1.29 is 9.53 Å². The zero-order valence-electron chi connectivity index (χ0n) is 14.0. The van der Waals surface area contributed by atoms with Gasteiger partial charge in [0.25, 0.3) is 0 Å². The third kappa shape index (κ3) is 3.94. The largest absolute Gasteiger partial charge is 0.496 e. The number of ether oxygens (including phenoxy) is 1. The molecule has 0 spiro atoms. The van der Waals surface area contributed by atoms with Crippen LogP contribution in [0.15, 0.2) is 42.7 Å². The first kappa shape index (κ1) is 16.5. The van der Waals surface area contributed by atoms with Crippen LogP contribution in [0.4, 0.5) is 0 Å². The molecule has 1 saturated heterocycles. The highest BCUT2D eigenvalue weighted by Crippen LogP contribution is 2.31. The van der Waals surface area contributed by atoms with Gasteiger partial charge in [0.2, 0.25) is 5.91 Å². The van der Waals surface area contributed by atoms with Gasteiger partial charge in [0.1, 0.15) is 12.3 Å². The summed E-state index contributed by atoms with van der Waals surface area (Å²) >= 11 is 0. The lowest BCUT2D eigenvalue weighted by Gasteiger charge is -2.29. The van der Waals surface area contributed by atoms with Crippen LogP contribution in [0, 0.1) is 0 Å². The first-order valence-corrected chi connectivity index (χ1v) is 8.39. The molecule has 1 aliphatic heterocycles. The molecule has 3 rings (SSSR count). The van der Waals surface area contributed by atoms with Crippen LogP contribution >= 0.6 is 0 Å². The monoisotopic (exact) mass is 328 g/mol. The Labute approximate surface area is 142 Å². The van der Waals surface area contributed by atoms with Crippen molar-refractivity contribution in [3.05, 3.63) is 48.3 Å². The molecule has 0 aliphatic carbocycles. The van der Waals surface area contributed by atoms with E-state index in [9.17, 15) is 4.79 Å². The van der Waals surface area contributed by atoms with Gasteiger partial charge in [-0.3, -0.25) is 14.4 Å². The fourth-order valence-corrected chi connectivity index (χ4v) is 3.24. The zero-order valence-corrected chi connectivity index (χ0v) is 14.0. The molecule has 24 heavy (non-hydrogen) atoms. The zero-order chi connectivity index (χ0) is 16.8. The lowest BCUT2D eigenvalue weighted by atomic mass is 10.0. The van der Waals surface area contributed by atoms with Crippen LogP contribution in [0.1, 0.15) is 24.4 Å². The average molecular weight is 328 g/mol. The first-order valence-electron chi connectivity index (χ1n) is 8.39. The topological polar surface area (TPSA) is 59.4 Å². The first-order chi connectivity index (χ1) is 11.8. The molecule has 0 bridgehead atoms. The van der Waals surface area contributed by atoms with Gasteiger partial charge in [-0.25, -0.2) is 0 Å². The summed E-state index contributed by atoms with van der Waals surface area (Å²) < 4.78 is 7.15. The minimum Gasteiger partial charge on any atom is -0.496 e. The number of para-hydroxylation sites is 1. The van der Waals surface area contributed by atoms with E-state index in [-0.39, 0.29) is 18.5 Å². The number of nitrogens with zero attached hydrogens (tertiary/aromatic N) is 3. The lowest BCUT2D eigenvalue weighted by Crippen LogP contribution is -2.38. The summed E-state index contributed by atoms with van der Waals surface area (Å²) in [4.78, 5) is 14.6. The van der Waals surface area contributed by atoms with Crippen molar-refractivity contribution in [3.63, 3.8) is 0 Å². The van der Waals surface area contributed by atoms with Gasteiger partial charge in [-0.1, -0.05) is 18.2 Å². The number of nitrogens with one attached hydrogen (secondary N) is 1. The van der Waals surface area contributed by atoms with Crippen LogP contribution in [0.25, 0.3) is 0 Å². The Morgan fingerprint density at radius 1 is 1.29 bits per heavy atom. The molecule has 2 aromatic rings. The molecule has 1 fully saturated rings. The van der Waals surface area contributed by atoms with Crippen molar-refractivity contribution in [3.8, 4) is 5.75 Å². The number of likely N-dealkylation sites (tertiary alicyclic amines) is 1. The maximum Gasteiger partial charge on any atom is 0.241 e. The second-order valence-corrected chi connectivity index (χ2v) is 6.01. The maximum atomic E-state index is 12.2. The number of hydrogen-bond acceptors (Lipinski definition) is 4. The summed E-state index contributed by atoms with van der Waals surface area (Å²) in [7, 11) is 1.69. The molecule has 2 heterocycles. The summed E-state index contributed by atoms with van der Waals surface area (Å²) in [5, 5.41) is 7.12. The molecule has 1 aromatic carbocycles. The minimum atomic E-state index is -0.0298. The second-order valence-electron chi connectivity index (χ2n) is 6.01. The average Bonchev–Trinajstić information content (AvgIpc) is 3.29. The van der Waals surface area contributed by atoms with Gasteiger partial charge in [-0.05, 0) is 38.1 Å². The van der Waals surface area contributed by atoms with E-state index in [0.29, 0.717) is 6.54 Å². The van der Waals surface area contributed by atoms with Crippen molar-refractivity contribution >= 4 is 5.91 Å². The normalized spacial score (nSPS) is 16.0. The van der Waals surface area contributed by atoms with Gasteiger partial charge in [0.15, 0.2) is 0 Å².